The van der Waals surface area contributed by atoms with Crippen molar-refractivity contribution in [3.8, 4) is 5.75 Å². The van der Waals surface area contributed by atoms with Crippen LogP contribution in [0, 0.1) is 5.82 Å². The number of nitrogens with zero attached hydrogens (tertiary/aromatic N) is 3. The van der Waals surface area contributed by atoms with Gasteiger partial charge in [0, 0.05) is 17.8 Å². The minimum atomic E-state index is -4.77. The Hall–Kier alpha value is -3.82. The normalized spacial score (nSPS) is 18.4. The molecule has 0 radical (unpaired) electrons. The molecule has 0 spiro atoms. The van der Waals surface area contributed by atoms with Crippen LogP contribution < -0.4 is 10.4 Å². The summed E-state index contributed by atoms with van der Waals surface area (Å²) in [5.74, 6) is -2.64. The van der Waals surface area contributed by atoms with Crippen LogP contribution >= 0.6 is 0 Å². The summed E-state index contributed by atoms with van der Waals surface area (Å²) < 4.78 is 57.8. The molecule has 0 saturated carbocycles. The Morgan fingerprint density at radius 2 is 1.69 bits per heavy atom. The van der Waals surface area contributed by atoms with Gasteiger partial charge in [0.1, 0.15) is 24.6 Å². The van der Waals surface area contributed by atoms with Crippen molar-refractivity contribution in [1.82, 2.24) is 9.58 Å². The first-order valence-corrected chi connectivity index (χ1v) is 11.0. The van der Waals surface area contributed by atoms with Gasteiger partial charge in [-0.2, -0.15) is 13.2 Å². The molecule has 1 amide bonds. The fraction of sp³-hybridized carbons (Fsp3) is 0.280. The molecule has 1 aromatic heterocycles. The number of carbonyl (C=O) groups excluding carboxylic acids is 1. The summed E-state index contributed by atoms with van der Waals surface area (Å²) in [6.07, 6.45) is -2.45. The number of benzene rings is 2. The number of carbonyl (C=O) groups is 1. The van der Waals surface area contributed by atoms with E-state index < -0.39 is 53.5 Å². The van der Waals surface area contributed by atoms with Crippen molar-refractivity contribution in [1.29, 1.82) is 0 Å². The molecule has 0 bridgehead atoms. The summed E-state index contributed by atoms with van der Waals surface area (Å²) in [7, 11) is 0. The third-order valence-electron chi connectivity index (χ3n) is 6.76. The van der Waals surface area contributed by atoms with Gasteiger partial charge >= 0.3 is 6.18 Å². The van der Waals surface area contributed by atoms with E-state index in [-0.39, 0.29) is 5.56 Å². The number of fused-ring (bicyclic) bond motifs is 3. The third-order valence-corrected chi connectivity index (χ3v) is 6.76. The number of halogens is 4. The maximum Gasteiger partial charge on any atom is 0.408 e. The third kappa shape index (κ3) is 3.64. The van der Waals surface area contributed by atoms with Crippen molar-refractivity contribution >= 4 is 5.91 Å². The van der Waals surface area contributed by atoms with Crippen LogP contribution in [-0.4, -0.2) is 39.5 Å². The van der Waals surface area contributed by atoms with Crippen LogP contribution in [0.2, 0.25) is 0 Å². The summed E-state index contributed by atoms with van der Waals surface area (Å²) in [6, 6.07) is 9.74. The van der Waals surface area contributed by atoms with Crippen LogP contribution in [0.25, 0.3) is 0 Å². The average molecular weight is 487 g/mol. The lowest BCUT2D eigenvalue weighted by Gasteiger charge is -2.46. The molecule has 10 heteroatoms. The number of rotatable bonds is 2. The number of aromatic hydroxyl groups is 1. The molecule has 1 aliphatic carbocycles. The van der Waals surface area contributed by atoms with Crippen molar-refractivity contribution in [2.75, 3.05) is 11.7 Å². The van der Waals surface area contributed by atoms with Crippen molar-refractivity contribution in [3.05, 3.63) is 98.7 Å². The molecule has 5 rings (SSSR count). The van der Waals surface area contributed by atoms with Gasteiger partial charge < -0.3 is 10.0 Å². The molecule has 2 heterocycles. The quantitative estimate of drug-likeness (QED) is 0.558. The van der Waals surface area contributed by atoms with Gasteiger partial charge in [0.2, 0.25) is 5.43 Å². The minimum absolute atomic E-state index is 0.274. The van der Waals surface area contributed by atoms with E-state index in [1.165, 1.54) is 21.9 Å². The first-order chi connectivity index (χ1) is 16.6. The summed E-state index contributed by atoms with van der Waals surface area (Å²) in [4.78, 5) is 25.8. The van der Waals surface area contributed by atoms with Crippen LogP contribution in [-0.2, 0) is 12.8 Å². The summed E-state index contributed by atoms with van der Waals surface area (Å²) in [6.45, 7) is 0.279. The highest BCUT2D eigenvalue weighted by molar-refractivity contribution is 5.96. The van der Waals surface area contributed by atoms with Crippen LogP contribution in [0.3, 0.4) is 0 Å². The molecule has 3 aromatic rings. The van der Waals surface area contributed by atoms with Gasteiger partial charge in [0.25, 0.3) is 5.91 Å². The molecule has 0 fully saturated rings. The summed E-state index contributed by atoms with van der Waals surface area (Å²) in [5.41, 5.74) is 1.00. The van der Waals surface area contributed by atoms with Gasteiger partial charge in [-0.3, -0.25) is 19.3 Å². The van der Waals surface area contributed by atoms with Crippen molar-refractivity contribution in [2.45, 2.75) is 38.0 Å². The first-order valence-electron chi connectivity index (χ1n) is 11.0. The monoisotopic (exact) mass is 487 g/mol. The van der Waals surface area contributed by atoms with E-state index in [1.807, 2.05) is 12.1 Å². The smallest absolute Gasteiger partial charge is 0.408 e. The molecule has 1 aliphatic heterocycles. The Morgan fingerprint density at radius 3 is 2.43 bits per heavy atom. The number of amides is 1. The Morgan fingerprint density at radius 1 is 1.00 bits per heavy atom. The number of hydrogen-bond acceptors (Lipinski definition) is 4. The maximum atomic E-state index is 15.4. The zero-order valence-corrected chi connectivity index (χ0v) is 18.6. The van der Waals surface area contributed by atoms with Crippen LogP contribution in [0.4, 0.5) is 17.6 Å². The fourth-order valence-corrected chi connectivity index (χ4v) is 4.90. The molecule has 6 nitrogen and oxygen atoms in total. The Labute approximate surface area is 197 Å². The van der Waals surface area contributed by atoms with Crippen LogP contribution in [0.5, 0.6) is 5.75 Å². The summed E-state index contributed by atoms with van der Waals surface area (Å²) >= 11 is 0. The number of aromatic nitrogens is 1. The second-order valence-electron chi connectivity index (χ2n) is 8.71. The Bertz CT molecular complexity index is 1390. The molecule has 35 heavy (non-hydrogen) atoms. The van der Waals surface area contributed by atoms with E-state index in [0.717, 1.165) is 18.6 Å². The first kappa shape index (κ1) is 22.9. The van der Waals surface area contributed by atoms with Crippen molar-refractivity contribution in [3.63, 3.8) is 0 Å². The highest BCUT2D eigenvalue weighted by atomic mass is 19.4. The minimum Gasteiger partial charge on any atom is -0.502 e. The predicted molar refractivity (Wildman–Crippen MR) is 119 cm³/mol. The number of hydrogen-bond donors (Lipinski definition) is 1. The Kier molecular flexibility index (Phi) is 5.34. The second-order valence-corrected chi connectivity index (χ2v) is 8.71. The van der Waals surface area contributed by atoms with Gasteiger partial charge in [0.05, 0.1) is 0 Å². The molecule has 2 atom stereocenters. The molecule has 0 unspecified atom stereocenters. The number of alkyl halides is 3. The van der Waals surface area contributed by atoms with E-state index in [2.05, 4.69) is 0 Å². The van der Waals surface area contributed by atoms with Gasteiger partial charge in [-0.05, 0) is 42.5 Å². The molecule has 0 saturated heterocycles. The molecular formula is C25H21F4N3O3. The molecule has 2 aliphatic rings. The molecule has 2 aromatic carbocycles. The van der Waals surface area contributed by atoms with E-state index >= 15 is 4.39 Å². The average Bonchev–Trinajstić information content (AvgIpc) is 2.98. The standard InChI is InChI=1S/C25H21F4N3O3/c1-14(25(27,28)29)30-13-32(31-12-11-19(33)23(34)22(31)24(30)35)21-17-7-3-2-5-15(17)9-10-16-6-4-8-18(26)20(16)21/h2-8,11-12,14,21,34H,9-10,13H2,1H3/t14-,21+/m1/s1. The topological polar surface area (TPSA) is 65.8 Å². The van der Waals surface area contributed by atoms with E-state index in [1.54, 1.807) is 24.3 Å². The molecular weight excluding hydrogens is 466 g/mol. The Balaban J connectivity index is 1.80. The van der Waals surface area contributed by atoms with Crippen LogP contribution in [0.15, 0.2) is 59.5 Å². The SMILES string of the molecule is C[C@@H](N1CN([C@H]2c3ccccc3CCc3cccc(F)c32)n2ccc(=O)c(O)c2C1=O)C(F)(F)F. The largest absolute Gasteiger partial charge is 0.502 e. The van der Waals surface area contributed by atoms with E-state index in [9.17, 15) is 27.9 Å². The summed E-state index contributed by atoms with van der Waals surface area (Å²) in [5, 5.41) is 11.9. The lowest BCUT2D eigenvalue weighted by atomic mass is 9.93. The zero-order chi connectivity index (χ0) is 25.1. The van der Waals surface area contributed by atoms with Gasteiger partial charge in [-0.15, -0.1) is 0 Å². The number of pyridine rings is 1. The van der Waals surface area contributed by atoms with Gasteiger partial charge in [0.15, 0.2) is 11.4 Å². The van der Waals surface area contributed by atoms with Gasteiger partial charge in [-0.25, -0.2) is 4.39 Å². The fourth-order valence-electron chi connectivity index (χ4n) is 4.90. The lowest BCUT2D eigenvalue weighted by molar-refractivity contribution is -0.173. The van der Waals surface area contributed by atoms with E-state index in [0.29, 0.717) is 28.9 Å². The van der Waals surface area contributed by atoms with Crippen molar-refractivity contribution < 1.29 is 27.5 Å². The highest BCUT2D eigenvalue weighted by Gasteiger charge is 2.47. The maximum absolute atomic E-state index is 15.4. The lowest BCUT2D eigenvalue weighted by Crippen LogP contribution is -2.60. The number of aryl methyl sites for hydroxylation is 2. The second kappa shape index (κ2) is 8.14. The highest BCUT2D eigenvalue weighted by Crippen LogP contribution is 2.40. The molecule has 1 N–H and O–H groups in total. The van der Waals surface area contributed by atoms with Crippen molar-refractivity contribution in [2.24, 2.45) is 0 Å². The van der Waals surface area contributed by atoms with Gasteiger partial charge in [-0.1, -0.05) is 36.4 Å². The predicted octanol–water partition coefficient (Wildman–Crippen LogP) is 3.88. The molecule has 182 valence electrons. The zero-order valence-electron chi connectivity index (χ0n) is 18.6. The van der Waals surface area contributed by atoms with E-state index in [4.69, 9.17) is 0 Å². The van der Waals surface area contributed by atoms with Crippen LogP contribution in [0.1, 0.15) is 45.7 Å².